The highest BCUT2D eigenvalue weighted by atomic mass is 19.2. The normalized spacial score (nSPS) is 11.9. The molecule has 0 unspecified atom stereocenters. The zero-order valence-corrected chi connectivity index (χ0v) is 10.6. The van der Waals surface area contributed by atoms with Gasteiger partial charge in [-0.25, -0.2) is 8.78 Å². The molecule has 0 radical (unpaired) electrons. The van der Waals surface area contributed by atoms with Crippen LogP contribution in [0.1, 0.15) is 13.8 Å². The number of hydrogen-bond donors (Lipinski definition) is 2. The van der Waals surface area contributed by atoms with Crippen molar-refractivity contribution in [2.75, 3.05) is 31.7 Å². The molecule has 5 heteroatoms. The summed E-state index contributed by atoms with van der Waals surface area (Å²) in [7, 11) is 3.85. The summed E-state index contributed by atoms with van der Waals surface area (Å²) < 4.78 is 26.6. The van der Waals surface area contributed by atoms with E-state index in [1.54, 1.807) is 0 Å². The summed E-state index contributed by atoms with van der Waals surface area (Å²) in [6.07, 6.45) is 0. The molecule has 0 fully saturated rings. The lowest BCUT2D eigenvalue weighted by atomic mass is 10.0. The minimum absolute atomic E-state index is 0.0277. The van der Waals surface area contributed by atoms with E-state index in [4.69, 9.17) is 5.73 Å². The van der Waals surface area contributed by atoms with Crippen LogP contribution < -0.4 is 11.1 Å². The Morgan fingerprint density at radius 1 is 1.29 bits per heavy atom. The maximum atomic E-state index is 13.5. The van der Waals surface area contributed by atoms with E-state index in [2.05, 4.69) is 5.32 Å². The molecule has 0 aliphatic heterocycles. The van der Waals surface area contributed by atoms with Crippen LogP contribution in [0.15, 0.2) is 12.1 Å². The zero-order valence-electron chi connectivity index (χ0n) is 10.6. The Bertz CT molecular complexity index is 403. The van der Waals surface area contributed by atoms with Gasteiger partial charge >= 0.3 is 0 Å². The lowest BCUT2D eigenvalue weighted by molar-refractivity contribution is 0.210. The molecule has 0 amide bonds. The quantitative estimate of drug-likeness (QED) is 0.797. The Labute approximate surface area is 101 Å². The summed E-state index contributed by atoms with van der Waals surface area (Å²) in [5, 5.41) is 2.86. The third-order valence-corrected chi connectivity index (χ3v) is 3.04. The monoisotopic (exact) mass is 243 g/mol. The van der Waals surface area contributed by atoms with Crippen molar-refractivity contribution in [3.05, 3.63) is 23.8 Å². The van der Waals surface area contributed by atoms with E-state index in [1.165, 1.54) is 6.07 Å². The number of hydrogen-bond acceptors (Lipinski definition) is 3. The molecule has 0 bridgehead atoms. The van der Waals surface area contributed by atoms with Gasteiger partial charge in [0.1, 0.15) is 0 Å². The van der Waals surface area contributed by atoms with Gasteiger partial charge in [-0.2, -0.15) is 0 Å². The standard InChI is InChI=1S/C12H19F2N3/c1-12(2,17(3)4)7-16-11-9(15)6-5-8(13)10(11)14/h5-6,16H,7,15H2,1-4H3. The van der Waals surface area contributed by atoms with Gasteiger partial charge in [0.2, 0.25) is 0 Å². The first-order valence-corrected chi connectivity index (χ1v) is 5.40. The molecule has 1 aromatic rings. The summed E-state index contributed by atoms with van der Waals surface area (Å²) in [5.41, 5.74) is 5.66. The number of rotatable bonds is 4. The molecule has 1 aromatic carbocycles. The number of halogens is 2. The van der Waals surface area contributed by atoms with Gasteiger partial charge in [0.05, 0.1) is 11.4 Å². The predicted molar refractivity (Wildman–Crippen MR) is 67.0 cm³/mol. The Morgan fingerprint density at radius 3 is 2.41 bits per heavy atom. The molecule has 0 saturated carbocycles. The molecule has 1 rings (SSSR count). The van der Waals surface area contributed by atoms with Crippen LogP contribution in [0.5, 0.6) is 0 Å². The number of benzene rings is 1. The molecular formula is C12H19F2N3. The van der Waals surface area contributed by atoms with Crippen molar-refractivity contribution in [2.45, 2.75) is 19.4 Å². The Hall–Kier alpha value is -1.36. The molecule has 0 saturated heterocycles. The SMILES string of the molecule is CN(C)C(C)(C)CNc1c(N)ccc(F)c1F. The van der Waals surface area contributed by atoms with Crippen LogP contribution in [0.25, 0.3) is 0 Å². The van der Waals surface area contributed by atoms with E-state index in [1.807, 2.05) is 32.8 Å². The third kappa shape index (κ3) is 3.06. The molecule has 3 nitrogen and oxygen atoms in total. The van der Waals surface area contributed by atoms with Crippen LogP contribution in [0.4, 0.5) is 20.2 Å². The smallest absolute Gasteiger partial charge is 0.183 e. The molecule has 0 heterocycles. The van der Waals surface area contributed by atoms with E-state index in [0.717, 1.165) is 6.07 Å². The number of nitrogens with one attached hydrogen (secondary N) is 1. The second kappa shape index (κ2) is 4.87. The number of anilines is 2. The van der Waals surface area contributed by atoms with Gasteiger partial charge in [0.15, 0.2) is 11.6 Å². The molecular weight excluding hydrogens is 224 g/mol. The van der Waals surface area contributed by atoms with Crippen LogP contribution >= 0.6 is 0 Å². The highest BCUT2D eigenvalue weighted by molar-refractivity contribution is 5.66. The van der Waals surface area contributed by atoms with Crippen LogP contribution in [-0.4, -0.2) is 31.1 Å². The van der Waals surface area contributed by atoms with Gasteiger partial charge in [-0.3, -0.25) is 0 Å². The van der Waals surface area contributed by atoms with Crippen molar-refractivity contribution < 1.29 is 8.78 Å². The Kier molecular flexibility index (Phi) is 3.93. The number of nitrogens with two attached hydrogens (primary N) is 1. The molecule has 0 aliphatic carbocycles. The first kappa shape index (κ1) is 13.7. The number of nitrogen functional groups attached to an aromatic ring is 1. The molecule has 0 atom stereocenters. The number of nitrogens with zero attached hydrogens (tertiary/aromatic N) is 1. The molecule has 3 N–H and O–H groups in total. The minimum atomic E-state index is -0.931. The van der Waals surface area contributed by atoms with Gasteiger partial charge in [-0.15, -0.1) is 0 Å². The molecule has 17 heavy (non-hydrogen) atoms. The van der Waals surface area contributed by atoms with Crippen molar-refractivity contribution in [1.29, 1.82) is 0 Å². The highest BCUT2D eigenvalue weighted by Crippen LogP contribution is 2.25. The molecule has 0 aliphatic rings. The predicted octanol–water partition coefficient (Wildman–Crippen LogP) is 2.30. The maximum Gasteiger partial charge on any atom is 0.183 e. The highest BCUT2D eigenvalue weighted by Gasteiger charge is 2.21. The van der Waals surface area contributed by atoms with Crippen LogP contribution in [-0.2, 0) is 0 Å². The van der Waals surface area contributed by atoms with Crippen molar-refractivity contribution in [1.82, 2.24) is 4.90 Å². The van der Waals surface area contributed by atoms with Gasteiger partial charge < -0.3 is 16.0 Å². The lowest BCUT2D eigenvalue weighted by Gasteiger charge is -2.33. The topological polar surface area (TPSA) is 41.3 Å². The van der Waals surface area contributed by atoms with Crippen LogP contribution in [0, 0.1) is 11.6 Å². The first-order valence-electron chi connectivity index (χ1n) is 5.40. The zero-order chi connectivity index (χ0) is 13.2. The van der Waals surface area contributed by atoms with Crippen LogP contribution in [0.2, 0.25) is 0 Å². The average Bonchev–Trinajstić information content (AvgIpc) is 2.23. The van der Waals surface area contributed by atoms with Gasteiger partial charge in [0, 0.05) is 12.1 Å². The fourth-order valence-electron chi connectivity index (χ4n) is 1.21. The molecule has 0 aromatic heterocycles. The van der Waals surface area contributed by atoms with Crippen molar-refractivity contribution >= 4 is 11.4 Å². The molecule has 96 valence electrons. The van der Waals surface area contributed by atoms with E-state index in [-0.39, 0.29) is 16.9 Å². The summed E-state index contributed by atoms with van der Waals surface area (Å²) in [6.45, 7) is 4.45. The maximum absolute atomic E-state index is 13.5. The summed E-state index contributed by atoms with van der Waals surface area (Å²) in [5.74, 6) is -1.83. The average molecular weight is 243 g/mol. The summed E-state index contributed by atoms with van der Waals surface area (Å²) in [4.78, 5) is 1.99. The summed E-state index contributed by atoms with van der Waals surface area (Å²) in [6, 6.07) is 2.37. The first-order chi connectivity index (χ1) is 7.75. The second-order valence-corrected chi connectivity index (χ2v) is 4.89. The van der Waals surface area contributed by atoms with E-state index < -0.39 is 11.6 Å². The third-order valence-electron chi connectivity index (χ3n) is 3.04. The Morgan fingerprint density at radius 2 is 1.88 bits per heavy atom. The van der Waals surface area contributed by atoms with E-state index in [9.17, 15) is 8.78 Å². The van der Waals surface area contributed by atoms with Crippen molar-refractivity contribution in [3.63, 3.8) is 0 Å². The Balaban J connectivity index is 2.87. The van der Waals surface area contributed by atoms with Gasteiger partial charge in [-0.1, -0.05) is 0 Å². The van der Waals surface area contributed by atoms with Crippen molar-refractivity contribution in [3.8, 4) is 0 Å². The second-order valence-electron chi connectivity index (χ2n) is 4.89. The largest absolute Gasteiger partial charge is 0.397 e. The number of likely N-dealkylation sites (N-methyl/N-ethyl adjacent to an activating group) is 1. The fraction of sp³-hybridized carbons (Fsp3) is 0.500. The fourth-order valence-corrected chi connectivity index (χ4v) is 1.21. The minimum Gasteiger partial charge on any atom is -0.397 e. The van der Waals surface area contributed by atoms with Gasteiger partial charge in [0.25, 0.3) is 0 Å². The lowest BCUT2D eigenvalue weighted by Crippen LogP contribution is -2.44. The van der Waals surface area contributed by atoms with Crippen LogP contribution in [0.3, 0.4) is 0 Å². The van der Waals surface area contributed by atoms with E-state index in [0.29, 0.717) is 6.54 Å². The van der Waals surface area contributed by atoms with E-state index >= 15 is 0 Å². The summed E-state index contributed by atoms with van der Waals surface area (Å²) >= 11 is 0. The van der Waals surface area contributed by atoms with Crippen molar-refractivity contribution in [2.24, 2.45) is 0 Å². The molecule has 0 spiro atoms. The van der Waals surface area contributed by atoms with Gasteiger partial charge in [-0.05, 0) is 40.1 Å².